The highest BCUT2D eigenvalue weighted by molar-refractivity contribution is 6.31. The van der Waals surface area contributed by atoms with Gasteiger partial charge < -0.3 is 4.90 Å². The maximum atomic E-state index is 11.7. The number of hydrazone groups is 1. The highest BCUT2D eigenvalue weighted by Crippen LogP contribution is 2.08. The summed E-state index contributed by atoms with van der Waals surface area (Å²) in [5, 5.41) is 3.83. The summed E-state index contributed by atoms with van der Waals surface area (Å²) in [5.41, 5.74) is 3.55. The van der Waals surface area contributed by atoms with E-state index in [1.165, 1.54) is 6.21 Å². The number of nitrogens with one attached hydrogen (secondary N) is 1. The van der Waals surface area contributed by atoms with Crippen LogP contribution in [0.2, 0.25) is 0 Å². The number of likely N-dealkylation sites (tertiary alicyclic amines) is 1. The van der Waals surface area contributed by atoms with E-state index in [2.05, 4.69) is 10.5 Å². The zero-order valence-electron chi connectivity index (χ0n) is 10.7. The number of nitrogens with zero attached hydrogens (tertiary/aromatic N) is 2. The molecule has 0 bridgehead atoms. The van der Waals surface area contributed by atoms with Crippen molar-refractivity contribution in [2.24, 2.45) is 5.10 Å². The van der Waals surface area contributed by atoms with Crippen molar-refractivity contribution in [3.63, 3.8) is 0 Å². The van der Waals surface area contributed by atoms with Gasteiger partial charge in [0.15, 0.2) is 5.78 Å². The third kappa shape index (κ3) is 4.21. The van der Waals surface area contributed by atoms with E-state index in [4.69, 9.17) is 0 Å². The number of amides is 1. The molecule has 19 heavy (non-hydrogen) atoms. The van der Waals surface area contributed by atoms with Crippen LogP contribution in [0.3, 0.4) is 0 Å². The van der Waals surface area contributed by atoms with E-state index in [9.17, 15) is 9.59 Å². The van der Waals surface area contributed by atoms with Crippen LogP contribution >= 0.6 is 0 Å². The number of benzene rings is 1. The average molecular weight is 259 g/mol. The molecule has 1 N–H and O–H groups in total. The molecule has 5 heteroatoms. The van der Waals surface area contributed by atoms with Crippen molar-refractivity contribution < 1.29 is 9.59 Å². The molecule has 0 spiro atoms. The van der Waals surface area contributed by atoms with E-state index in [1.807, 2.05) is 30.3 Å². The molecule has 1 amide bonds. The quantitative estimate of drug-likeness (QED) is 0.497. The summed E-state index contributed by atoms with van der Waals surface area (Å²) in [6.45, 7) is 1.54. The average Bonchev–Trinajstić information content (AvgIpc) is 2.94. The minimum atomic E-state index is -0.277. The highest BCUT2D eigenvalue weighted by atomic mass is 16.2. The van der Waals surface area contributed by atoms with Crippen LogP contribution in [-0.2, 0) is 9.59 Å². The minimum absolute atomic E-state index is 0.0973. The number of rotatable bonds is 5. The molecule has 1 heterocycles. The Kier molecular flexibility index (Phi) is 4.66. The molecule has 0 unspecified atom stereocenters. The van der Waals surface area contributed by atoms with E-state index in [-0.39, 0.29) is 18.1 Å². The molecule has 2 rings (SSSR count). The van der Waals surface area contributed by atoms with Gasteiger partial charge in [-0.2, -0.15) is 5.10 Å². The van der Waals surface area contributed by atoms with E-state index >= 15 is 0 Å². The second-order valence-corrected chi connectivity index (χ2v) is 4.47. The van der Waals surface area contributed by atoms with Crippen molar-refractivity contribution in [1.29, 1.82) is 0 Å². The van der Waals surface area contributed by atoms with Gasteiger partial charge >= 0.3 is 0 Å². The normalized spacial score (nSPS) is 14.8. The zero-order valence-corrected chi connectivity index (χ0v) is 10.7. The van der Waals surface area contributed by atoms with Crippen molar-refractivity contribution in [2.75, 3.05) is 18.5 Å². The largest absolute Gasteiger partial charge is 0.342 e. The van der Waals surface area contributed by atoms with Gasteiger partial charge in [-0.3, -0.25) is 15.0 Å². The molecule has 100 valence electrons. The fourth-order valence-corrected chi connectivity index (χ4v) is 1.96. The molecule has 1 aromatic rings. The van der Waals surface area contributed by atoms with Gasteiger partial charge in [-0.1, -0.05) is 18.2 Å². The predicted octanol–water partition coefficient (Wildman–Crippen LogP) is 1.67. The number of ketones is 1. The first-order chi connectivity index (χ1) is 9.25. The number of anilines is 1. The van der Waals surface area contributed by atoms with Gasteiger partial charge in [-0.15, -0.1) is 0 Å². The van der Waals surface area contributed by atoms with Crippen LogP contribution in [0.25, 0.3) is 0 Å². The topological polar surface area (TPSA) is 61.8 Å². The summed E-state index contributed by atoms with van der Waals surface area (Å²) in [6.07, 6.45) is 3.13. The molecule has 0 aromatic heterocycles. The fraction of sp³-hybridized carbons (Fsp3) is 0.357. The number of para-hydroxylation sites is 1. The van der Waals surface area contributed by atoms with Crippen molar-refractivity contribution in [3.05, 3.63) is 30.3 Å². The molecule has 1 aliphatic heterocycles. The summed E-state index contributed by atoms with van der Waals surface area (Å²) in [4.78, 5) is 25.0. The number of hydrogen-bond donors (Lipinski definition) is 1. The Morgan fingerprint density at radius 1 is 1.21 bits per heavy atom. The lowest BCUT2D eigenvalue weighted by Gasteiger charge is -2.13. The van der Waals surface area contributed by atoms with E-state index < -0.39 is 0 Å². The number of carbonyl (C=O) groups is 2. The van der Waals surface area contributed by atoms with E-state index in [0.717, 1.165) is 31.6 Å². The molecule has 0 atom stereocenters. The molecular weight excluding hydrogens is 242 g/mol. The van der Waals surface area contributed by atoms with Crippen LogP contribution in [0.5, 0.6) is 0 Å². The Hall–Kier alpha value is -2.17. The van der Waals surface area contributed by atoms with E-state index in [1.54, 1.807) is 4.90 Å². The van der Waals surface area contributed by atoms with Crippen LogP contribution in [0.1, 0.15) is 19.3 Å². The summed E-state index contributed by atoms with van der Waals surface area (Å²) < 4.78 is 0. The smallest absolute Gasteiger partial charge is 0.230 e. The predicted molar refractivity (Wildman–Crippen MR) is 74.0 cm³/mol. The maximum absolute atomic E-state index is 11.7. The lowest BCUT2D eigenvalue weighted by Crippen LogP contribution is -2.29. The van der Waals surface area contributed by atoms with Gasteiger partial charge in [-0.05, 0) is 25.0 Å². The van der Waals surface area contributed by atoms with Gasteiger partial charge in [0.05, 0.1) is 18.3 Å². The van der Waals surface area contributed by atoms with Gasteiger partial charge in [0.1, 0.15) is 0 Å². The Morgan fingerprint density at radius 3 is 2.58 bits per heavy atom. The lowest BCUT2D eigenvalue weighted by molar-refractivity contribution is -0.132. The van der Waals surface area contributed by atoms with Crippen molar-refractivity contribution in [2.45, 2.75) is 19.3 Å². The first-order valence-corrected chi connectivity index (χ1v) is 6.40. The van der Waals surface area contributed by atoms with Gasteiger partial charge in [0.2, 0.25) is 5.91 Å². The highest BCUT2D eigenvalue weighted by Gasteiger charge is 2.19. The minimum Gasteiger partial charge on any atom is -0.342 e. The van der Waals surface area contributed by atoms with Crippen LogP contribution < -0.4 is 5.43 Å². The zero-order chi connectivity index (χ0) is 13.5. The van der Waals surface area contributed by atoms with Crippen molar-refractivity contribution >= 4 is 23.6 Å². The van der Waals surface area contributed by atoms with Gasteiger partial charge in [-0.25, -0.2) is 0 Å². The molecule has 0 radical (unpaired) electrons. The van der Waals surface area contributed by atoms with Gasteiger partial charge in [0.25, 0.3) is 0 Å². The number of hydrogen-bond acceptors (Lipinski definition) is 4. The molecule has 5 nitrogen and oxygen atoms in total. The maximum Gasteiger partial charge on any atom is 0.230 e. The van der Waals surface area contributed by atoms with Gasteiger partial charge in [0, 0.05) is 13.1 Å². The summed E-state index contributed by atoms with van der Waals surface area (Å²) in [6, 6.07) is 9.33. The number of Topliss-reactive ketones (excluding diaryl/α,β-unsaturated/α-hetero) is 1. The SMILES string of the molecule is O=C(C=NNc1ccccc1)CC(=O)N1CCCC1. The standard InChI is InChI=1S/C14H17N3O2/c18-13(10-14(19)17-8-4-5-9-17)11-15-16-12-6-2-1-3-7-12/h1-3,6-7,11,16H,4-5,8-10H2. The van der Waals surface area contributed by atoms with Crippen molar-refractivity contribution in [3.8, 4) is 0 Å². The molecule has 1 aliphatic rings. The summed E-state index contributed by atoms with van der Waals surface area (Å²) >= 11 is 0. The Bertz CT molecular complexity index is 465. The van der Waals surface area contributed by atoms with Crippen LogP contribution in [0, 0.1) is 0 Å². The summed E-state index contributed by atoms with van der Waals surface area (Å²) in [5.74, 6) is -0.381. The summed E-state index contributed by atoms with van der Waals surface area (Å²) in [7, 11) is 0. The Labute approximate surface area is 112 Å². The molecular formula is C14H17N3O2. The second-order valence-electron chi connectivity index (χ2n) is 4.47. The van der Waals surface area contributed by atoms with Crippen LogP contribution in [-0.4, -0.2) is 35.9 Å². The molecule has 1 fully saturated rings. The third-order valence-electron chi connectivity index (χ3n) is 2.96. The first-order valence-electron chi connectivity index (χ1n) is 6.40. The van der Waals surface area contributed by atoms with E-state index in [0.29, 0.717) is 0 Å². The Morgan fingerprint density at radius 2 is 1.89 bits per heavy atom. The Balaban J connectivity index is 1.76. The fourth-order valence-electron chi connectivity index (χ4n) is 1.96. The third-order valence-corrected chi connectivity index (χ3v) is 2.96. The molecule has 1 aromatic carbocycles. The molecule has 0 aliphatic carbocycles. The molecule has 0 saturated carbocycles. The monoisotopic (exact) mass is 259 g/mol. The second kappa shape index (κ2) is 6.68. The first kappa shape index (κ1) is 13.3. The van der Waals surface area contributed by atoms with Crippen molar-refractivity contribution in [1.82, 2.24) is 4.90 Å². The van der Waals surface area contributed by atoms with Crippen LogP contribution in [0.4, 0.5) is 5.69 Å². The number of carbonyl (C=O) groups excluding carboxylic acids is 2. The molecule has 1 saturated heterocycles. The lowest BCUT2D eigenvalue weighted by atomic mass is 10.3. The van der Waals surface area contributed by atoms with Crippen LogP contribution in [0.15, 0.2) is 35.4 Å².